The molecule has 0 atom stereocenters. The van der Waals surface area contributed by atoms with Crippen molar-refractivity contribution in [3.05, 3.63) is 53.7 Å². The van der Waals surface area contributed by atoms with Crippen molar-refractivity contribution in [3.8, 4) is 0 Å². The lowest BCUT2D eigenvalue weighted by molar-refractivity contribution is 1.12. The molecular weight excluding hydrogens is 252 g/mol. The van der Waals surface area contributed by atoms with Gasteiger partial charge in [0.15, 0.2) is 0 Å². The summed E-state index contributed by atoms with van der Waals surface area (Å²) in [6, 6.07) is 13.7. The first kappa shape index (κ1) is 12.3. The van der Waals surface area contributed by atoms with Crippen LogP contribution in [0.1, 0.15) is 0 Å². The number of halogens is 1. The minimum atomic E-state index is 0.760. The highest BCUT2D eigenvalue weighted by Crippen LogP contribution is 2.20. The van der Waals surface area contributed by atoms with E-state index in [1.165, 1.54) is 0 Å². The van der Waals surface area contributed by atoms with Crippen molar-refractivity contribution in [2.75, 3.05) is 17.6 Å². The fourth-order valence-electron chi connectivity index (χ4n) is 1.38. The van der Waals surface area contributed by atoms with Crippen LogP contribution < -0.4 is 5.32 Å². The lowest BCUT2D eigenvalue weighted by Crippen LogP contribution is -2.04. The average molecular weight is 265 g/mol. The molecule has 2 rings (SSSR count). The Morgan fingerprint density at radius 2 is 1.94 bits per heavy atom. The first-order chi connectivity index (χ1) is 8.36. The van der Waals surface area contributed by atoms with Crippen LogP contribution in [0.15, 0.2) is 53.7 Å². The van der Waals surface area contributed by atoms with Crippen molar-refractivity contribution in [2.45, 2.75) is 5.03 Å². The van der Waals surface area contributed by atoms with Gasteiger partial charge in [0.2, 0.25) is 0 Å². The van der Waals surface area contributed by atoms with E-state index in [1.807, 2.05) is 48.7 Å². The number of aromatic nitrogens is 1. The summed E-state index contributed by atoms with van der Waals surface area (Å²) in [7, 11) is 0. The number of pyridine rings is 1. The Bertz CT molecular complexity index is 462. The highest BCUT2D eigenvalue weighted by Gasteiger charge is 1.98. The number of hydrogen-bond donors (Lipinski definition) is 1. The molecule has 0 aliphatic carbocycles. The monoisotopic (exact) mass is 264 g/mol. The maximum absolute atomic E-state index is 6.04. The molecule has 2 aromatic rings. The number of rotatable bonds is 5. The van der Waals surface area contributed by atoms with Crippen molar-refractivity contribution in [3.63, 3.8) is 0 Å². The molecule has 1 heterocycles. The molecule has 0 amide bonds. The Balaban J connectivity index is 1.76. The Morgan fingerprint density at radius 1 is 1.12 bits per heavy atom. The van der Waals surface area contributed by atoms with Crippen LogP contribution in [0.25, 0.3) is 0 Å². The van der Waals surface area contributed by atoms with Gasteiger partial charge < -0.3 is 5.32 Å². The maximum Gasteiger partial charge on any atom is 0.0960 e. The fourth-order valence-corrected chi connectivity index (χ4v) is 2.30. The minimum absolute atomic E-state index is 0.760. The van der Waals surface area contributed by atoms with Crippen LogP contribution in [0.4, 0.5) is 5.69 Å². The van der Waals surface area contributed by atoms with Crippen molar-refractivity contribution in [1.29, 1.82) is 0 Å². The van der Waals surface area contributed by atoms with Gasteiger partial charge in [-0.05, 0) is 24.3 Å². The topological polar surface area (TPSA) is 24.9 Å². The van der Waals surface area contributed by atoms with Gasteiger partial charge in [0, 0.05) is 18.5 Å². The van der Waals surface area contributed by atoms with E-state index in [2.05, 4.69) is 10.3 Å². The van der Waals surface area contributed by atoms with Crippen molar-refractivity contribution in [1.82, 2.24) is 4.98 Å². The molecule has 1 aromatic heterocycles. The minimum Gasteiger partial charge on any atom is -0.383 e. The van der Waals surface area contributed by atoms with E-state index >= 15 is 0 Å². The number of nitrogens with one attached hydrogen (secondary N) is 1. The smallest absolute Gasteiger partial charge is 0.0960 e. The zero-order valence-corrected chi connectivity index (χ0v) is 10.8. The van der Waals surface area contributed by atoms with E-state index in [0.29, 0.717) is 0 Å². The van der Waals surface area contributed by atoms with Gasteiger partial charge in [0.25, 0.3) is 0 Å². The summed E-state index contributed by atoms with van der Waals surface area (Å²) >= 11 is 7.77. The van der Waals surface area contributed by atoms with Crippen molar-refractivity contribution < 1.29 is 0 Å². The number of thioether (sulfide) groups is 1. The third kappa shape index (κ3) is 3.95. The molecule has 0 spiro atoms. The van der Waals surface area contributed by atoms with Gasteiger partial charge in [-0.25, -0.2) is 4.98 Å². The Kier molecular flexibility index (Phi) is 4.71. The molecular formula is C13H13ClN2S. The molecule has 1 N–H and O–H groups in total. The molecule has 0 saturated heterocycles. The molecule has 0 bridgehead atoms. The lowest BCUT2D eigenvalue weighted by atomic mass is 10.3. The summed E-state index contributed by atoms with van der Waals surface area (Å²) in [5.41, 5.74) is 0.982. The second-order valence-corrected chi connectivity index (χ2v) is 4.95. The van der Waals surface area contributed by atoms with E-state index < -0.39 is 0 Å². The van der Waals surface area contributed by atoms with Crippen LogP contribution in [-0.2, 0) is 0 Å². The molecule has 0 radical (unpaired) electrons. The quantitative estimate of drug-likeness (QED) is 0.654. The second-order valence-electron chi connectivity index (χ2n) is 3.42. The predicted molar refractivity (Wildman–Crippen MR) is 74.9 cm³/mol. The van der Waals surface area contributed by atoms with Crippen LogP contribution >= 0.6 is 23.4 Å². The number of hydrogen-bond acceptors (Lipinski definition) is 3. The summed E-state index contributed by atoms with van der Waals surface area (Å²) in [5.74, 6) is 0.961. The third-order valence-electron chi connectivity index (χ3n) is 2.18. The lowest BCUT2D eigenvalue weighted by Gasteiger charge is -2.07. The van der Waals surface area contributed by atoms with Crippen molar-refractivity contribution >= 4 is 29.1 Å². The van der Waals surface area contributed by atoms with Crippen molar-refractivity contribution in [2.24, 2.45) is 0 Å². The molecule has 1 aromatic carbocycles. The first-order valence-corrected chi connectivity index (χ1v) is 6.75. The van der Waals surface area contributed by atoms with Gasteiger partial charge in [-0.3, -0.25) is 0 Å². The van der Waals surface area contributed by atoms with Gasteiger partial charge in [-0.15, -0.1) is 11.8 Å². The van der Waals surface area contributed by atoms with Crippen LogP contribution in [0.3, 0.4) is 0 Å². The van der Waals surface area contributed by atoms with E-state index in [4.69, 9.17) is 11.6 Å². The summed E-state index contributed by atoms with van der Waals surface area (Å²) in [4.78, 5) is 4.25. The van der Waals surface area contributed by atoms with E-state index in [0.717, 1.165) is 28.0 Å². The summed E-state index contributed by atoms with van der Waals surface area (Å²) < 4.78 is 0. The second kappa shape index (κ2) is 6.52. The zero-order chi connectivity index (χ0) is 11.9. The van der Waals surface area contributed by atoms with E-state index in [-0.39, 0.29) is 0 Å². The Hall–Kier alpha value is -1.19. The predicted octanol–water partition coefficient (Wildman–Crippen LogP) is 3.94. The molecule has 4 heteroatoms. The van der Waals surface area contributed by atoms with Gasteiger partial charge >= 0.3 is 0 Å². The van der Waals surface area contributed by atoms with E-state index in [1.54, 1.807) is 11.8 Å². The highest BCUT2D eigenvalue weighted by atomic mass is 35.5. The molecule has 88 valence electrons. The Morgan fingerprint density at radius 3 is 2.71 bits per heavy atom. The third-order valence-corrected chi connectivity index (χ3v) is 3.45. The molecule has 0 aliphatic heterocycles. The SMILES string of the molecule is Clc1ccccc1NCCSc1ccccn1. The van der Waals surface area contributed by atoms with Gasteiger partial charge in [0.05, 0.1) is 15.7 Å². The van der Waals surface area contributed by atoms with E-state index in [9.17, 15) is 0 Å². The number of para-hydroxylation sites is 1. The zero-order valence-electron chi connectivity index (χ0n) is 9.27. The largest absolute Gasteiger partial charge is 0.383 e. The average Bonchev–Trinajstić information content (AvgIpc) is 2.38. The number of benzene rings is 1. The molecule has 0 unspecified atom stereocenters. The standard InChI is InChI=1S/C13H13ClN2S/c14-11-5-1-2-6-12(11)15-9-10-17-13-7-3-4-8-16-13/h1-8,15H,9-10H2. The van der Waals surface area contributed by atoms with Gasteiger partial charge in [-0.2, -0.15) is 0 Å². The van der Waals surface area contributed by atoms with Crippen LogP contribution in [0.2, 0.25) is 5.02 Å². The van der Waals surface area contributed by atoms with Crippen LogP contribution in [-0.4, -0.2) is 17.3 Å². The van der Waals surface area contributed by atoms with Crippen LogP contribution in [0.5, 0.6) is 0 Å². The van der Waals surface area contributed by atoms with Gasteiger partial charge in [-0.1, -0.05) is 29.8 Å². The maximum atomic E-state index is 6.04. The number of nitrogens with zero attached hydrogens (tertiary/aromatic N) is 1. The number of anilines is 1. The highest BCUT2D eigenvalue weighted by molar-refractivity contribution is 7.99. The molecule has 2 nitrogen and oxygen atoms in total. The normalized spacial score (nSPS) is 10.2. The fraction of sp³-hybridized carbons (Fsp3) is 0.154. The molecule has 0 aliphatic rings. The first-order valence-electron chi connectivity index (χ1n) is 5.38. The Labute approximate surface area is 110 Å². The molecule has 17 heavy (non-hydrogen) atoms. The van der Waals surface area contributed by atoms with Crippen LogP contribution in [0, 0.1) is 0 Å². The summed E-state index contributed by atoms with van der Waals surface area (Å²) in [5, 5.41) is 5.11. The summed E-state index contributed by atoms with van der Waals surface area (Å²) in [6.07, 6.45) is 1.81. The van der Waals surface area contributed by atoms with Gasteiger partial charge in [0.1, 0.15) is 0 Å². The molecule has 0 saturated carbocycles. The molecule has 0 fully saturated rings. The summed E-state index contributed by atoms with van der Waals surface area (Å²) in [6.45, 7) is 0.866.